The molecule has 5 heteroatoms. The van der Waals surface area contributed by atoms with E-state index in [-0.39, 0.29) is 0 Å². The van der Waals surface area contributed by atoms with Crippen molar-refractivity contribution in [3.05, 3.63) is 16.3 Å². The number of likely N-dealkylation sites (N-methyl/N-ethyl adjacent to an activating group) is 1. The smallest absolute Gasteiger partial charge is 0.139 e. The number of nitrogens with one attached hydrogen (secondary N) is 2. The monoisotopic (exact) mass is 277 g/mol. The van der Waals surface area contributed by atoms with Crippen LogP contribution in [0.2, 0.25) is 0 Å². The lowest BCUT2D eigenvalue weighted by Crippen LogP contribution is -3.06. The number of hydrogen-bond donors (Lipinski definition) is 2. The van der Waals surface area contributed by atoms with Crippen LogP contribution in [0.1, 0.15) is 22.7 Å². The second-order valence-corrected chi connectivity index (χ2v) is 6.62. The Morgan fingerprint density at radius 3 is 2.89 bits per heavy atom. The van der Waals surface area contributed by atoms with Gasteiger partial charge in [0, 0.05) is 4.88 Å². The molecule has 19 heavy (non-hydrogen) atoms. The zero-order chi connectivity index (χ0) is 13.4. The minimum atomic E-state index is 0.868. The summed E-state index contributed by atoms with van der Waals surface area (Å²) in [7, 11) is 4.34. The number of nitrogens with zero attached hydrogens (tertiary/aromatic N) is 2. The van der Waals surface area contributed by atoms with E-state index in [0.717, 1.165) is 29.6 Å². The summed E-state index contributed by atoms with van der Waals surface area (Å²) in [4.78, 5) is 13.4. The zero-order valence-corrected chi connectivity index (χ0v) is 12.7. The first kappa shape index (κ1) is 12.8. The lowest BCUT2D eigenvalue weighted by molar-refractivity contribution is -0.856. The fourth-order valence-electron chi connectivity index (χ4n) is 2.66. The average Bonchev–Trinajstić information content (AvgIpc) is 2.87. The van der Waals surface area contributed by atoms with E-state index in [1.165, 1.54) is 40.0 Å². The normalized spacial score (nSPS) is 14.3. The lowest BCUT2D eigenvalue weighted by atomic mass is 10.2. The van der Waals surface area contributed by atoms with Crippen molar-refractivity contribution in [2.75, 3.05) is 32.5 Å². The molecule has 0 aliphatic heterocycles. The third kappa shape index (κ3) is 2.44. The van der Waals surface area contributed by atoms with E-state index in [4.69, 9.17) is 0 Å². The second-order valence-electron chi connectivity index (χ2n) is 5.54. The van der Waals surface area contributed by atoms with Crippen LogP contribution in [-0.2, 0) is 12.8 Å². The summed E-state index contributed by atoms with van der Waals surface area (Å²) in [5, 5.41) is 4.80. The molecule has 0 amide bonds. The van der Waals surface area contributed by atoms with Gasteiger partial charge in [-0.25, -0.2) is 9.97 Å². The van der Waals surface area contributed by atoms with Gasteiger partial charge in [-0.2, -0.15) is 0 Å². The quantitative estimate of drug-likeness (QED) is 0.878. The molecule has 0 saturated heterocycles. The highest BCUT2D eigenvalue weighted by atomic mass is 32.1. The molecule has 2 aromatic rings. The van der Waals surface area contributed by atoms with Gasteiger partial charge in [-0.3, -0.25) is 0 Å². The van der Waals surface area contributed by atoms with E-state index >= 15 is 0 Å². The summed E-state index contributed by atoms with van der Waals surface area (Å²) >= 11 is 1.86. The zero-order valence-electron chi connectivity index (χ0n) is 11.8. The SMILES string of the molecule is Cc1nc(NCC[NH+](C)C)c2c3c(sc2n1)CCC3. The molecule has 0 aromatic carbocycles. The molecule has 3 rings (SSSR count). The number of aryl methyl sites for hydroxylation is 3. The molecule has 0 bridgehead atoms. The molecule has 4 nitrogen and oxygen atoms in total. The summed E-state index contributed by atoms with van der Waals surface area (Å²) in [6.07, 6.45) is 3.69. The van der Waals surface area contributed by atoms with Crippen LogP contribution in [0.15, 0.2) is 0 Å². The highest BCUT2D eigenvalue weighted by molar-refractivity contribution is 7.19. The standard InChI is InChI=1S/C14H20N4S/c1-9-16-13(15-7-8-18(2)3)12-10-5-4-6-11(10)19-14(12)17-9/h4-8H2,1-3H3,(H,15,16,17)/p+1. The Morgan fingerprint density at radius 2 is 2.11 bits per heavy atom. The molecule has 102 valence electrons. The van der Waals surface area contributed by atoms with Crippen molar-refractivity contribution in [2.45, 2.75) is 26.2 Å². The highest BCUT2D eigenvalue weighted by Crippen LogP contribution is 2.39. The predicted octanol–water partition coefficient (Wildman–Crippen LogP) is 1.04. The molecule has 2 N–H and O–H groups in total. The summed E-state index contributed by atoms with van der Waals surface area (Å²) < 4.78 is 0. The number of thiophene rings is 1. The first-order chi connectivity index (χ1) is 9.15. The molecule has 2 heterocycles. The van der Waals surface area contributed by atoms with Crippen LogP contribution in [0.25, 0.3) is 10.2 Å². The largest absolute Gasteiger partial charge is 0.364 e. The van der Waals surface area contributed by atoms with Crippen LogP contribution >= 0.6 is 11.3 Å². The Morgan fingerprint density at radius 1 is 1.26 bits per heavy atom. The molecule has 0 spiro atoms. The second kappa shape index (κ2) is 5.06. The van der Waals surface area contributed by atoms with Crippen molar-refractivity contribution in [3.8, 4) is 0 Å². The number of aromatic nitrogens is 2. The molecule has 0 unspecified atom stereocenters. The first-order valence-corrected chi connectivity index (χ1v) is 7.78. The molecular weight excluding hydrogens is 256 g/mol. The van der Waals surface area contributed by atoms with Gasteiger partial charge in [0.15, 0.2) is 0 Å². The van der Waals surface area contributed by atoms with Crippen molar-refractivity contribution in [3.63, 3.8) is 0 Å². The van der Waals surface area contributed by atoms with Crippen LogP contribution < -0.4 is 10.2 Å². The van der Waals surface area contributed by atoms with Gasteiger partial charge in [-0.05, 0) is 31.7 Å². The minimum Gasteiger partial charge on any atom is -0.364 e. The highest BCUT2D eigenvalue weighted by Gasteiger charge is 2.21. The van der Waals surface area contributed by atoms with E-state index in [2.05, 4.69) is 29.4 Å². The molecule has 2 aromatic heterocycles. The van der Waals surface area contributed by atoms with Crippen molar-refractivity contribution < 1.29 is 4.90 Å². The van der Waals surface area contributed by atoms with E-state index in [0.29, 0.717) is 0 Å². The van der Waals surface area contributed by atoms with Crippen LogP contribution in [0.3, 0.4) is 0 Å². The number of hydrogen-bond acceptors (Lipinski definition) is 4. The Labute approximate surface area is 117 Å². The maximum Gasteiger partial charge on any atom is 0.139 e. The Balaban J connectivity index is 1.97. The van der Waals surface area contributed by atoms with E-state index in [9.17, 15) is 0 Å². The molecular formula is C14H21N4S+. The van der Waals surface area contributed by atoms with Crippen molar-refractivity contribution in [2.24, 2.45) is 0 Å². The number of rotatable bonds is 4. The van der Waals surface area contributed by atoms with E-state index in [1.807, 2.05) is 18.3 Å². The van der Waals surface area contributed by atoms with Crippen LogP contribution in [-0.4, -0.2) is 37.2 Å². The van der Waals surface area contributed by atoms with Crippen molar-refractivity contribution in [1.29, 1.82) is 0 Å². The van der Waals surface area contributed by atoms with Gasteiger partial charge in [0.25, 0.3) is 0 Å². The van der Waals surface area contributed by atoms with Crippen LogP contribution in [0, 0.1) is 6.92 Å². The molecule has 0 radical (unpaired) electrons. The molecule has 1 aliphatic carbocycles. The van der Waals surface area contributed by atoms with Gasteiger partial charge >= 0.3 is 0 Å². The van der Waals surface area contributed by atoms with Crippen LogP contribution in [0.5, 0.6) is 0 Å². The number of quaternary nitrogens is 1. The fraction of sp³-hybridized carbons (Fsp3) is 0.571. The maximum absolute atomic E-state index is 4.62. The summed E-state index contributed by atoms with van der Waals surface area (Å²) in [6.45, 7) is 4.03. The van der Waals surface area contributed by atoms with Gasteiger partial charge in [0.2, 0.25) is 0 Å². The first-order valence-electron chi connectivity index (χ1n) is 6.97. The molecule has 0 fully saturated rings. The molecule has 0 atom stereocenters. The van der Waals surface area contributed by atoms with Gasteiger partial charge in [-0.1, -0.05) is 0 Å². The maximum atomic E-state index is 4.62. The molecule has 1 aliphatic rings. The topological polar surface area (TPSA) is 42.2 Å². The summed E-state index contributed by atoms with van der Waals surface area (Å²) in [6, 6.07) is 0. The Hall–Kier alpha value is -1.20. The summed E-state index contributed by atoms with van der Waals surface area (Å²) in [5.41, 5.74) is 1.50. The third-order valence-electron chi connectivity index (χ3n) is 3.59. The van der Waals surface area contributed by atoms with Gasteiger partial charge in [0.1, 0.15) is 16.5 Å². The molecule has 0 saturated carbocycles. The van der Waals surface area contributed by atoms with Crippen molar-refractivity contribution >= 4 is 27.4 Å². The van der Waals surface area contributed by atoms with E-state index in [1.54, 1.807) is 0 Å². The van der Waals surface area contributed by atoms with Crippen molar-refractivity contribution in [1.82, 2.24) is 9.97 Å². The number of anilines is 1. The van der Waals surface area contributed by atoms with Gasteiger partial charge in [-0.15, -0.1) is 11.3 Å². The Bertz CT molecular complexity index is 603. The van der Waals surface area contributed by atoms with Gasteiger partial charge < -0.3 is 10.2 Å². The minimum absolute atomic E-state index is 0.868. The summed E-state index contributed by atoms with van der Waals surface area (Å²) in [5.74, 6) is 1.91. The lowest BCUT2D eigenvalue weighted by Gasteiger charge is -2.10. The van der Waals surface area contributed by atoms with Gasteiger partial charge in [0.05, 0.1) is 32.6 Å². The predicted molar refractivity (Wildman–Crippen MR) is 80.3 cm³/mol. The third-order valence-corrected chi connectivity index (χ3v) is 4.78. The Kier molecular flexibility index (Phi) is 3.41. The average molecular weight is 277 g/mol. The van der Waals surface area contributed by atoms with Crippen LogP contribution in [0.4, 0.5) is 5.82 Å². The van der Waals surface area contributed by atoms with E-state index < -0.39 is 0 Å². The number of fused-ring (bicyclic) bond motifs is 3. The fourth-order valence-corrected chi connectivity index (χ4v) is 3.97.